The lowest BCUT2D eigenvalue weighted by atomic mass is 9.79. The molecule has 50 heavy (non-hydrogen) atoms. The fraction of sp³-hybridized carbons (Fsp3) is 0.429. The Balaban J connectivity index is 1.01. The molecular formula is C42H38O8. The second kappa shape index (κ2) is 10.9. The van der Waals surface area contributed by atoms with Crippen LogP contribution in [0, 0.1) is 0 Å². The van der Waals surface area contributed by atoms with Crippen LogP contribution in [0.1, 0.15) is 93.3 Å². The zero-order chi connectivity index (χ0) is 32.5. The van der Waals surface area contributed by atoms with E-state index in [0.29, 0.717) is 26.4 Å². The predicted molar refractivity (Wildman–Crippen MR) is 180 cm³/mol. The Morgan fingerprint density at radius 3 is 1.36 bits per heavy atom. The minimum atomic E-state index is -0.451. The maximum Gasteiger partial charge on any atom is 0.184 e. The van der Waals surface area contributed by atoms with Crippen LogP contribution in [0.25, 0.3) is 11.1 Å². The number of hydrogen-bond donors (Lipinski definition) is 0. The van der Waals surface area contributed by atoms with E-state index in [-0.39, 0.29) is 36.6 Å². The van der Waals surface area contributed by atoms with Gasteiger partial charge in [0.25, 0.3) is 0 Å². The van der Waals surface area contributed by atoms with Crippen LogP contribution in [0.15, 0.2) is 60.7 Å². The van der Waals surface area contributed by atoms with Gasteiger partial charge in [0, 0.05) is 33.4 Å². The molecule has 0 bridgehead atoms. The third-order valence-electron chi connectivity index (χ3n) is 12.4. The SMILES string of the molecule is c1ccc([C@H]2OC[C@H]3Oc4c(-c5c6c(c7c8c5O[C@@H]5CO[C@H](c9ccccc9)O[C@@H]5[C@@H]8OC7)CCC6)c5c(c6c4[C@@H](OC6)[C@H]3O2)CCC5)cc1. The number of rotatable bonds is 3. The second-order valence-corrected chi connectivity index (χ2v) is 14.9. The van der Waals surface area contributed by atoms with Gasteiger partial charge in [-0.05, 0) is 71.9 Å². The van der Waals surface area contributed by atoms with Gasteiger partial charge in [-0.15, -0.1) is 0 Å². The maximum absolute atomic E-state index is 7.15. The third kappa shape index (κ3) is 3.98. The van der Waals surface area contributed by atoms with Crippen molar-refractivity contribution in [2.75, 3.05) is 13.2 Å². The van der Waals surface area contributed by atoms with Gasteiger partial charge in [-0.3, -0.25) is 0 Å². The van der Waals surface area contributed by atoms with Crippen LogP contribution in [0.2, 0.25) is 0 Å². The Morgan fingerprint density at radius 2 is 0.900 bits per heavy atom. The minimum absolute atomic E-state index is 0.214. The lowest BCUT2D eigenvalue weighted by Crippen LogP contribution is -2.50. The summed E-state index contributed by atoms with van der Waals surface area (Å²) in [5.74, 6) is 1.89. The summed E-state index contributed by atoms with van der Waals surface area (Å²) in [6.45, 7) is 2.03. The zero-order valence-corrected chi connectivity index (χ0v) is 27.7. The Labute approximate surface area is 290 Å². The van der Waals surface area contributed by atoms with E-state index in [2.05, 4.69) is 24.3 Å². The molecule has 0 amide bonds. The van der Waals surface area contributed by atoms with Crippen molar-refractivity contribution in [2.24, 2.45) is 0 Å². The van der Waals surface area contributed by atoms with Crippen LogP contribution in [-0.4, -0.2) is 37.6 Å². The van der Waals surface area contributed by atoms with Crippen LogP contribution < -0.4 is 9.47 Å². The topological polar surface area (TPSA) is 73.8 Å². The lowest BCUT2D eigenvalue weighted by molar-refractivity contribution is -0.280. The van der Waals surface area contributed by atoms with E-state index in [9.17, 15) is 0 Å². The van der Waals surface area contributed by atoms with Crippen molar-refractivity contribution in [1.82, 2.24) is 0 Å². The van der Waals surface area contributed by atoms with Crippen molar-refractivity contribution < 1.29 is 37.9 Å². The van der Waals surface area contributed by atoms with Crippen LogP contribution in [0.3, 0.4) is 0 Å². The minimum Gasteiger partial charge on any atom is -0.484 e. The molecule has 2 fully saturated rings. The quantitative estimate of drug-likeness (QED) is 0.226. The van der Waals surface area contributed by atoms with Crippen LogP contribution in [0.4, 0.5) is 0 Å². The van der Waals surface area contributed by atoms with Gasteiger partial charge in [-0.1, -0.05) is 60.7 Å². The van der Waals surface area contributed by atoms with E-state index in [1.165, 1.54) is 55.6 Å². The molecule has 6 heterocycles. The summed E-state index contributed by atoms with van der Waals surface area (Å²) in [5, 5.41) is 0. The molecule has 8 heteroatoms. The molecule has 2 saturated heterocycles. The summed E-state index contributed by atoms with van der Waals surface area (Å²) >= 11 is 0. The van der Waals surface area contributed by atoms with Gasteiger partial charge < -0.3 is 37.9 Å². The Morgan fingerprint density at radius 1 is 0.460 bits per heavy atom. The van der Waals surface area contributed by atoms with Crippen molar-refractivity contribution in [3.05, 3.63) is 116 Å². The summed E-state index contributed by atoms with van der Waals surface area (Å²) in [5.41, 5.74) is 15.0. The first-order chi connectivity index (χ1) is 24.8. The average molecular weight is 671 g/mol. The first kappa shape index (κ1) is 28.9. The van der Waals surface area contributed by atoms with Crippen molar-refractivity contribution in [3.8, 4) is 22.6 Å². The van der Waals surface area contributed by atoms with Gasteiger partial charge in [-0.2, -0.15) is 0 Å². The largest absolute Gasteiger partial charge is 0.484 e. The zero-order valence-electron chi connectivity index (χ0n) is 27.7. The van der Waals surface area contributed by atoms with Gasteiger partial charge in [0.15, 0.2) is 24.8 Å². The summed E-state index contributed by atoms with van der Waals surface area (Å²) < 4.78 is 53.7. The second-order valence-electron chi connectivity index (χ2n) is 14.9. The molecule has 8 aliphatic rings. The molecule has 6 aliphatic heterocycles. The molecule has 8 nitrogen and oxygen atoms in total. The summed E-state index contributed by atoms with van der Waals surface area (Å²) in [7, 11) is 0. The van der Waals surface area contributed by atoms with Crippen LogP contribution in [-0.2, 0) is 67.3 Å². The van der Waals surface area contributed by atoms with Crippen LogP contribution in [0.5, 0.6) is 11.5 Å². The van der Waals surface area contributed by atoms with Crippen molar-refractivity contribution in [2.45, 2.75) is 101 Å². The van der Waals surface area contributed by atoms with E-state index >= 15 is 0 Å². The van der Waals surface area contributed by atoms with E-state index in [0.717, 1.165) is 61.2 Å². The number of fused-ring (bicyclic) bond motifs is 8. The monoisotopic (exact) mass is 670 g/mol. The predicted octanol–water partition coefficient (Wildman–Crippen LogP) is 7.22. The Hall–Kier alpha value is -3.76. The molecule has 0 radical (unpaired) electrons. The Bertz CT molecular complexity index is 1900. The van der Waals surface area contributed by atoms with E-state index in [4.69, 9.17) is 37.9 Å². The molecule has 2 aliphatic carbocycles. The van der Waals surface area contributed by atoms with Gasteiger partial charge in [0.2, 0.25) is 0 Å². The summed E-state index contributed by atoms with van der Waals surface area (Å²) in [6.07, 6.45) is 3.94. The third-order valence-corrected chi connectivity index (χ3v) is 12.4. The summed E-state index contributed by atoms with van der Waals surface area (Å²) in [4.78, 5) is 0. The highest BCUT2D eigenvalue weighted by molar-refractivity contribution is 5.89. The number of hydrogen-bond acceptors (Lipinski definition) is 8. The van der Waals surface area contributed by atoms with E-state index < -0.39 is 12.6 Å². The van der Waals surface area contributed by atoms with Gasteiger partial charge in [0.1, 0.15) is 35.9 Å². The van der Waals surface area contributed by atoms with Gasteiger partial charge in [-0.25, -0.2) is 0 Å². The maximum atomic E-state index is 7.15. The van der Waals surface area contributed by atoms with Crippen molar-refractivity contribution >= 4 is 0 Å². The highest BCUT2D eigenvalue weighted by Crippen LogP contribution is 2.61. The molecule has 0 saturated carbocycles. The molecule has 12 rings (SSSR count). The van der Waals surface area contributed by atoms with E-state index in [1.807, 2.05) is 36.4 Å². The van der Waals surface area contributed by atoms with Crippen molar-refractivity contribution in [3.63, 3.8) is 0 Å². The molecule has 0 unspecified atom stereocenters. The first-order valence-electron chi connectivity index (χ1n) is 18.4. The number of ether oxygens (including phenoxy) is 8. The molecule has 4 aromatic rings. The molecule has 0 N–H and O–H groups in total. The molecule has 0 aromatic heterocycles. The summed E-state index contributed by atoms with van der Waals surface area (Å²) in [6, 6.07) is 20.3. The fourth-order valence-electron chi connectivity index (χ4n) is 10.3. The van der Waals surface area contributed by atoms with Crippen LogP contribution >= 0.6 is 0 Å². The van der Waals surface area contributed by atoms with Gasteiger partial charge in [0.05, 0.1) is 26.4 Å². The molecule has 8 atom stereocenters. The highest BCUT2D eigenvalue weighted by Gasteiger charge is 2.54. The average Bonchev–Trinajstić information content (AvgIpc) is 4.00. The molecule has 0 spiro atoms. The highest BCUT2D eigenvalue weighted by atomic mass is 16.7. The Kier molecular flexibility index (Phi) is 6.28. The smallest absolute Gasteiger partial charge is 0.184 e. The molecule has 254 valence electrons. The fourth-order valence-corrected chi connectivity index (χ4v) is 10.3. The van der Waals surface area contributed by atoms with Gasteiger partial charge >= 0.3 is 0 Å². The standard InChI is InChI=1S/C42H38O8/c1-3-9-21(10-4-1)41-45-19-29-35(49-41)39-33-27(17-43-39)23-13-7-15-25(23)31(37(33)47-29)32-26-16-8-14-24(26)28-18-44-40-34(28)38(32)48-30-20-46-42(50-36(30)40)22-11-5-2-6-12-22/h1-6,9-12,29-30,35-36,39-42H,7-8,13-20H2/t29-,30-,35+,36+,39-,40-,41+,42+/m1/s1. The normalized spacial score (nSPS) is 32.2. The first-order valence-corrected chi connectivity index (χ1v) is 18.4. The molecular weight excluding hydrogens is 632 g/mol. The van der Waals surface area contributed by atoms with E-state index in [1.54, 1.807) is 0 Å². The molecule has 4 aromatic carbocycles. The number of benzene rings is 4. The van der Waals surface area contributed by atoms with Crippen molar-refractivity contribution in [1.29, 1.82) is 0 Å². The lowest BCUT2D eigenvalue weighted by Gasteiger charge is -2.44.